The number of anilines is 1. The molecule has 1 saturated carbocycles. The fourth-order valence-corrected chi connectivity index (χ4v) is 5.04. The molecule has 1 unspecified atom stereocenters. The molecule has 1 aromatic carbocycles. The maximum atomic E-state index is 13.4. The number of halogens is 3. The molecule has 0 aromatic heterocycles. The van der Waals surface area contributed by atoms with E-state index in [0.717, 1.165) is 18.9 Å². The molecule has 7 nitrogen and oxygen atoms in total. The average Bonchev–Trinajstić information content (AvgIpc) is 3.52. The number of carbonyl (C=O) groups excluding carboxylic acids is 2. The molecule has 33 heavy (non-hydrogen) atoms. The van der Waals surface area contributed by atoms with E-state index in [1.165, 1.54) is 19.2 Å². The predicted molar refractivity (Wildman–Crippen MR) is 113 cm³/mol. The number of nitrogens with zero attached hydrogens (tertiary/aromatic N) is 3. The van der Waals surface area contributed by atoms with E-state index in [0.29, 0.717) is 44.7 Å². The quantitative estimate of drug-likeness (QED) is 0.724. The van der Waals surface area contributed by atoms with Crippen LogP contribution in [0.4, 0.5) is 18.9 Å². The topological polar surface area (TPSA) is 85.7 Å². The van der Waals surface area contributed by atoms with Crippen molar-refractivity contribution >= 4 is 17.5 Å². The lowest BCUT2D eigenvalue weighted by atomic mass is 9.70. The van der Waals surface area contributed by atoms with Crippen LogP contribution in [-0.4, -0.2) is 62.7 Å². The summed E-state index contributed by atoms with van der Waals surface area (Å²) in [6, 6.07) is 5.57. The van der Waals surface area contributed by atoms with E-state index in [-0.39, 0.29) is 30.4 Å². The minimum atomic E-state index is -4.61. The number of rotatable bonds is 5. The molecule has 1 spiro atoms. The van der Waals surface area contributed by atoms with Crippen LogP contribution in [0, 0.1) is 22.7 Å². The Labute approximate surface area is 190 Å². The predicted octanol–water partition coefficient (Wildman–Crippen LogP) is 2.55. The third-order valence-corrected chi connectivity index (χ3v) is 7.06. The van der Waals surface area contributed by atoms with Gasteiger partial charge in [0.15, 0.2) is 0 Å². The van der Waals surface area contributed by atoms with Gasteiger partial charge in [0.25, 0.3) is 0 Å². The molecule has 3 fully saturated rings. The number of nitriles is 1. The van der Waals surface area contributed by atoms with Crippen LogP contribution in [-0.2, 0) is 20.5 Å². The molecule has 2 aliphatic heterocycles. The van der Waals surface area contributed by atoms with E-state index < -0.39 is 22.7 Å². The van der Waals surface area contributed by atoms with Crippen molar-refractivity contribution in [2.24, 2.45) is 11.3 Å². The van der Waals surface area contributed by atoms with E-state index in [1.54, 1.807) is 11.0 Å². The first-order chi connectivity index (χ1) is 15.7. The molecule has 2 heterocycles. The van der Waals surface area contributed by atoms with Gasteiger partial charge in [0, 0.05) is 50.4 Å². The van der Waals surface area contributed by atoms with E-state index in [1.807, 2.05) is 4.90 Å². The first kappa shape index (κ1) is 23.4. The molecule has 1 aliphatic carbocycles. The molecule has 10 heteroatoms. The second kappa shape index (κ2) is 8.86. The van der Waals surface area contributed by atoms with E-state index >= 15 is 0 Å². The summed E-state index contributed by atoms with van der Waals surface area (Å²) in [7, 11) is 1.45. The summed E-state index contributed by atoms with van der Waals surface area (Å²) < 4.78 is 45.2. The summed E-state index contributed by atoms with van der Waals surface area (Å²) >= 11 is 0. The largest absolute Gasteiger partial charge is 0.417 e. The molecular weight excluding hydrogens is 437 g/mol. The molecule has 2 amide bonds. The molecule has 2 saturated heterocycles. The molecule has 0 radical (unpaired) electrons. The normalized spacial score (nSPS) is 22.3. The number of piperidine rings is 1. The number of amides is 2. The SMILES string of the molecule is COCC(=O)N1CC(C(=O)NC2CC2)C2(CCN(c3ccc(C#N)c(C(F)(F)F)c3)CC2)C1. The van der Waals surface area contributed by atoms with Gasteiger partial charge in [-0.2, -0.15) is 18.4 Å². The first-order valence-electron chi connectivity index (χ1n) is 11.1. The molecule has 178 valence electrons. The summed E-state index contributed by atoms with van der Waals surface area (Å²) in [4.78, 5) is 29.0. The monoisotopic (exact) mass is 464 g/mol. The van der Waals surface area contributed by atoms with Gasteiger partial charge in [0.2, 0.25) is 11.8 Å². The standard InChI is InChI=1S/C23H27F3N4O3/c1-33-13-20(31)30-12-19(21(32)28-16-3-4-16)22(14-30)6-8-29(9-7-22)17-5-2-15(11-27)18(10-17)23(24,25)26/h2,5,10,16,19H,3-4,6-9,12-14H2,1H3,(H,28,32). The molecule has 4 rings (SSSR count). The van der Waals surface area contributed by atoms with Crippen LogP contribution in [0.5, 0.6) is 0 Å². The van der Waals surface area contributed by atoms with Crippen molar-refractivity contribution in [2.45, 2.75) is 37.9 Å². The lowest BCUT2D eigenvalue weighted by Gasteiger charge is -2.43. The number of benzene rings is 1. The second-order valence-corrected chi connectivity index (χ2v) is 9.23. The minimum Gasteiger partial charge on any atom is -0.375 e. The van der Waals surface area contributed by atoms with Crippen LogP contribution in [0.1, 0.15) is 36.8 Å². The van der Waals surface area contributed by atoms with Crippen LogP contribution < -0.4 is 10.2 Å². The Balaban J connectivity index is 1.52. The van der Waals surface area contributed by atoms with Crippen LogP contribution in [0.2, 0.25) is 0 Å². The summed E-state index contributed by atoms with van der Waals surface area (Å²) in [5, 5.41) is 12.1. The summed E-state index contributed by atoms with van der Waals surface area (Å²) in [5.74, 6) is -0.563. The van der Waals surface area contributed by atoms with Crippen LogP contribution >= 0.6 is 0 Å². The number of nitrogens with one attached hydrogen (secondary N) is 1. The smallest absolute Gasteiger partial charge is 0.375 e. The van der Waals surface area contributed by atoms with Crippen molar-refractivity contribution in [3.05, 3.63) is 29.3 Å². The number of hydrogen-bond donors (Lipinski definition) is 1. The Morgan fingerprint density at radius 1 is 1.27 bits per heavy atom. The van der Waals surface area contributed by atoms with E-state index in [2.05, 4.69) is 5.32 Å². The molecule has 1 atom stereocenters. The highest BCUT2D eigenvalue weighted by molar-refractivity contribution is 5.84. The van der Waals surface area contributed by atoms with Gasteiger partial charge in [-0.3, -0.25) is 9.59 Å². The molecular formula is C23H27F3N4O3. The Morgan fingerprint density at radius 2 is 1.97 bits per heavy atom. The maximum Gasteiger partial charge on any atom is 0.417 e. The van der Waals surface area contributed by atoms with Crippen molar-refractivity contribution in [2.75, 3.05) is 44.8 Å². The lowest BCUT2D eigenvalue weighted by Crippen LogP contribution is -2.49. The van der Waals surface area contributed by atoms with E-state index in [4.69, 9.17) is 10.00 Å². The number of hydrogen-bond acceptors (Lipinski definition) is 5. The summed E-state index contributed by atoms with van der Waals surface area (Å²) in [6.07, 6.45) is -1.53. The highest BCUT2D eigenvalue weighted by Crippen LogP contribution is 2.46. The highest BCUT2D eigenvalue weighted by atomic mass is 19.4. The van der Waals surface area contributed by atoms with Gasteiger partial charge in [-0.25, -0.2) is 0 Å². The highest BCUT2D eigenvalue weighted by Gasteiger charge is 2.52. The van der Waals surface area contributed by atoms with Gasteiger partial charge in [-0.15, -0.1) is 0 Å². The molecule has 0 bridgehead atoms. The number of ether oxygens (including phenoxy) is 1. The Kier molecular flexibility index (Phi) is 6.27. The van der Waals surface area contributed by atoms with Crippen LogP contribution in [0.3, 0.4) is 0 Å². The van der Waals surface area contributed by atoms with Crippen molar-refractivity contribution in [3.8, 4) is 6.07 Å². The maximum absolute atomic E-state index is 13.4. The summed E-state index contributed by atoms with van der Waals surface area (Å²) in [5.41, 5.74) is -1.36. The Bertz CT molecular complexity index is 963. The lowest BCUT2D eigenvalue weighted by molar-refractivity contribution is -0.138. The van der Waals surface area contributed by atoms with Crippen LogP contribution in [0.25, 0.3) is 0 Å². The third kappa shape index (κ3) is 4.78. The van der Waals surface area contributed by atoms with Crippen molar-refractivity contribution in [1.29, 1.82) is 5.26 Å². The molecule has 3 aliphatic rings. The van der Waals surface area contributed by atoms with Crippen molar-refractivity contribution in [3.63, 3.8) is 0 Å². The number of likely N-dealkylation sites (tertiary alicyclic amines) is 1. The van der Waals surface area contributed by atoms with Crippen LogP contribution in [0.15, 0.2) is 18.2 Å². The van der Waals surface area contributed by atoms with Gasteiger partial charge in [-0.1, -0.05) is 0 Å². The zero-order chi connectivity index (χ0) is 23.8. The fourth-order valence-electron chi connectivity index (χ4n) is 5.04. The fraction of sp³-hybridized carbons (Fsp3) is 0.609. The summed E-state index contributed by atoms with van der Waals surface area (Å²) in [6.45, 7) is 1.64. The number of methoxy groups -OCH3 is 1. The Hall–Kier alpha value is -2.80. The van der Waals surface area contributed by atoms with Gasteiger partial charge >= 0.3 is 6.18 Å². The number of alkyl halides is 3. The minimum absolute atomic E-state index is 0.0450. The van der Waals surface area contributed by atoms with Crippen molar-refractivity contribution < 1.29 is 27.5 Å². The number of carbonyl (C=O) groups is 2. The average molecular weight is 464 g/mol. The Morgan fingerprint density at radius 3 is 2.55 bits per heavy atom. The molecule has 1 N–H and O–H groups in total. The van der Waals surface area contributed by atoms with Gasteiger partial charge in [0.1, 0.15) is 6.61 Å². The van der Waals surface area contributed by atoms with Gasteiger partial charge < -0.3 is 19.9 Å². The third-order valence-electron chi connectivity index (χ3n) is 7.06. The molecule has 1 aromatic rings. The second-order valence-electron chi connectivity index (χ2n) is 9.23. The zero-order valence-electron chi connectivity index (χ0n) is 18.5. The van der Waals surface area contributed by atoms with E-state index in [9.17, 15) is 22.8 Å². The van der Waals surface area contributed by atoms with Gasteiger partial charge in [-0.05, 0) is 43.9 Å². The first-order valence-corrected chi connectivity index (χ1v) is 11.1. The van der Waals surface area contributed by atoms with Gasteiger partial charge in [0.05, 0.1) is 23.1 Å². The zero-order valence-corrected chi connectivity index (χ0v) is 18.5. The van der Waals surface area contributed by atoms with Crippen molar-refractivity contribution in [1.82, 2.24) is 10.2 Å².